The van der Waals surface area contributed by atoms with Gasteiger partial charge in [0, 0.05) is 11.4 Å². The summed E-state index contributed by atoms with van der Waals surface area (Å²) in [4.78, 5) is 23.2. The maximum atomic E-state index is 12.4. The maximum Gasteiger partial charge on any atom is 0.242 e. The largest absolute Gasteiger partial charge is 0.358 e. The first-order valence-electron chi connectivity index (χ1n) is 8.26. The van der Waals surface area contributed by atoms with E-state index in [9.17, 15) is 4.79 Å². The Kier molecular flexibility index (Phi) is 4.99. The van der Waals surface area contributed by atoms with E-state index in [0.29, 0.717) is 12.4 Å². The van der Waals surface area contributed by atoms with Gasteiger partial charge in [0.1, 0.15) is 23.0 Å². The molecule has 0 bridgehead atoms. The number of anilines is 1. The van der Waals surface area contributed by atoms with Gasteiger partial charge in [0.2, 0.25) is 5.91 Å². The van der Waals surface area contributed by atoms with Crippen molar-refractivity contribution < 1.29 is 4.79 Å². The Hall–Kier alpha value is -2.47. The van der Waals surface area contributed by atoms with Gasteiger partial charge in [0.15, 0.2) is 0 Å². The molecule has 2 N–H and O–H groups in total. The molecule has 0 aliphatic heterocycles. The second-order valence-electron chi connectivity index (χ2n) is 6.26. The number of aryl methyl sites for hydroxylation is 3. The summed E-state index contributed by atoms with van der Waals surface area (Å²) in [5, 5.41) is 7.19. The van der Waals surface area contributed by atoms with E-state index in [1.807, 2.05) is 38.1 Å². The minimum Gasteiger partial charge on any atom is -0.358 e. The van der Waals surface area contributed by atoms with E-state index < -0.39 is 0 Å². The minimum absolute atomic E-state index is 0.0584. The van der Waals surface area contributed by atoms with Crippen molar-refractivity contribution >= 4 is 33.3 Å². The zero-order chi connectivity index (χ0) is 18.0. The van der Waals surface area contributed by atoms with Gasteiger partial charge in [0.25, 0.3) is 0 Å². The molecule has 2 aromatic heterocycles. The normalized spacial score (nSPS) is 12.2. The molecule has 130 valence electrons. The highest BCUT2D eigenvalue weighted by molar-refractivity contribution is 7.18. The van der Waals surface area contributed by atoms with Crippen molar-refractivity contribution in [3.63, 3.8) is 0 Å². The molecular formula is C19H22N4OS. The summed E-state index contributed by atoms with van der Waals surface area (Å²) in [5.41, 5.74) is 3.45. The summed E-state index contributed by atoms with van der Waals surface area (Å²) >= 11 is 1.65. The first kappa shape index (κ1) is 17.4. The van der Waals surface area contributed by atoms with E-state index in [0.717, 1.165) is 21.3 Å². The van der Waals surface area contributed by atoms with Crippen LogP contribution in [0.5, 0.6) is 0 Å². The number of amides is 1. The van der Waals surface area contributed by atoms with Crippen LogP contribution in [0.4, 0.5) is 5.82 Å². The van der Waals surface area contributed by atoms with Gasteiger partial charge in [-0.15, -0.1) is 11.3 Å². The molecule has 0 radical (unpaired) electrons. The highest BCUT2D eigenvalue weighted by atomic mass is 32.1. The van der Waals surface area contributed by atoms with Gasteiger partial charge in [0.05, 0.1) is 5.39 Å². The van der Waals surface area contributed by atoms with Gasteiger partial charge in [-0.3, -0.25) is 4.79 Å². The first-order chi connectivity index (χ1) is 12.0. The lowest BCUT2D eigenvalue weighted by molar-refractivity contribution is -0.121. The summed E-state index contributed by atoms with van der Waals surface area (Å²) in [6.45, 7) is 8.53. The van der Waals surface area contributed by atoms with Gasteiger partial charge in [-0.1, -0.05) is 29.8 Å². The van der Waals surface area contributed by atoms with Crippen LogP contribution in [-0.2, 0) is 11.3 Å². The van der Waals surface area contributed by atoms with Crippen LogP contribution in [0, 0.1) is 20.8 Å². The minimum atomic E-state index is -0.386. The van der Waals surface area contributed by atoms with Crippen molar-refractivity contribution in [2.75, 3.05) is 5.32 Å². The number of hydrogen-bond acceptors (Lipinski definition) is 5. The Balaban J connectivity index is 1.68. The fourth-order valence-electron chi connectivity index (χ4n) is 2.61. The molecule has 2 heterocycles. The number of aromatic nitrogens is 2. The molecule has 0 spiro atoms. The van der Waals surface area contributed by atoms with Crippen molar-refractivity contribution in [3.05, 3.63) is 52.2 Å². The average molecular weight is 354 g/mol. The van der Waals surface area contributed by atoms with E-state index in [1.165, 1.54) is 16.8 Å². The zero-order valence-corrected chi connectivity index (χ0v) is 15.7. The summed E-state index contributed by atoms with van der Waals surface area (Å²) in [7, 11) is 0. The molecule has 0 aliphatic rings. The van der Waals surface area contributed by atoms with E-state index in [1.54, 1.807) is 11.3 Å². The molecule has 0 fully saturated rings. The van der Waals surface area contributed by atoms with Crippen LogP contribution in [0.15, 0.2) is 30.6 Å². The van der Waals surface area contributed by atoms with Crippen molar-refractivity contribution in [2.24, 2.45) is 0 Å². The number of thiophene rings is 1. The second-order valence-corrected chi connectivity index (χ2v) is 7.46. The average Bonchev–Trinajstić information content (AvgIpc) is 2.89. The molecule has 1 amide bonds. The molecule has 1 aromatic carbocycles. The van der Waals surface area contributed by atoms with Crippen molar-refractivity contribution in [3.8, 4) is 0 Å². The van der Waals surface area contributed by atoms with E-state index >= 15 is 0 Å². The number of rotatable bonds is 5. The lowest BCUT2D eigenvalue weighted by atomic mass is 10.1. The fourth-order valence-corrected chi connectivity index (χ4v) is 3.61. The van der Waals surface area contributed by atoms with Crippen LogP contribution in [0.1, 0.15) is 28.5 Å². The van der Waals surface area contributed by atoms with Crippen LogP contribution in [-0.4, -0.2) is 21.9 Å². The fraction of sp³-hybridized carbons (Fsp3) is 0.316. The molecule has 3 aromatic rings. The Morgan fingerprint density at radius 3 is 2.60 bits per heavy atom. The molecule has 25 heavy (non-hydrogen) atoms. The predicted molar refractivity (Wildman–Crippen MR) is 103 cm³/mol. The van der Waals surface area contributed by atoms with Gasteiger partial charge in [-0.2, -0.15) is 0 Å². The van der Waals surface area contributed by atoms with Crippen LogP contribution in [0.3, 0.4) is 0 Å². The molecule has 0 saturated carbocycles. The quantitative estimate of drug-likeness (QED) is 0.732. The first-order valence-corrected chi connectivity index (χ1v) is 9.08. The van der Waals surface area contributed by atoms with Gasteiger partial charge < -0.3 is 10.6 Å². The zero-order valence-electron chi connectivity index (χ0n) is 14.9. The summed E-state index contributed by atoms with van der Waals surface area (Å²) in [5.74, 6) is 0.654. The smallest absolute Gasteiger partial charge is 0.242 e. The number of hydrogen-bond donors (Lipinski definition) is 2. The van der Waals surface area contributed by atoms with Crippen molar-refractivity contribution in [1.29, 1.82) is 0 Å². The highest BCUT2D eigenvalue weighted by Crippen LogP contribution is 2.32. The predicted octanol–water partition coefficient (Wildman–Crippen LogP) is 3.73. The topological polar surface area (TPSA) is 66.9 Å². The Bertz CT molecular complexity index is 902. The number of fused-ring (bicyclic) bond motifs is 1. The molecule has 6 heteroatoms. The van der Waals surface area contributed by atoms with Gasteiger partial charge in [-0.25, -0.2) is 9.97 Å². The highest BCUT2D eigenvalue weighted by Gasteiger charge is 2.17. The SMILES string of the molecule is Cc1ccc(CNC(=O)[C@@H](C)Nc2ncnc3sc(C)c(C)c23)cc1. The van der Waals surface area contributed by atoms with Crippen LogP contribution in [0.2, 0.25) is 0 Å². The van der Waals surface area contributed by atoms with Crippen molar-refractivity contribution in [1.82, 2.24) is 15.3 Å². The van der Waals surface area contributed by atoms with E-state index in [4.69, 9.17) is 0 Å². The third-order valence-electron chi connectivity index (χ3n) is 4.30. The van der Waals surface area contributed by atoms with Crippen LogP contribution >= 0.6 is 11.3 Å². The lowest BCUT2D eigenvalue weighted by Crippen LogP contribution is -2.37. The molecular weight excluding hydrogens is 332 g/mol. The summed E-state index contributed by atoms with van der Waals surface area (Å²) in [6.07, 6.45) is 1.54. The Morgan fingerprint density at radius 1 is 1.16 bits per heavy atom. The van der Waals surface area contributed by atoms with E-state index in [-0.39, 0.29) is 11.9 Å². The summed E-state index contributed by atoms with van der Waals surface area (Å²) < 4.78 is 0. The molecule has 3 rings (SSSR count). The van der Waals surface area contributed by atoms with Crippen LogP contribution < -0.4 is 10.6 Å². The number of carbonyl (C=O) groups excluding carboxylic acids is 1. The second kappa shape index (κ2) is 7.19. The number of benzene rings is 1. The van der Waals surface area contributed by atoms with E-state index in [2.05, 4.69) is 34.4 Å². The molecule has 0 saturated heterocycles. The molecule has 5 nitrogen and oxygen atoms in total. The summed E-state index contributed by atoms with van der Waals surface area (Å²) in [6, 6.07) is 7.76. The third kappa shape index (κ3) is 3.79. The molecule has 0 aliphatic carbocycles. The molecule has 0 unspecified atom stereocenters. The lowest BCUT2D eigenvalue weighted by Gasteiger charge is -2.15. The third-order valence-corrected chi connectivity index (χ3v) is 5.41. The van der Waals surface area contributed by atoms with Crippen LogP contribution in [0.25, 0.3) is 10.2 Å². The number of nitrogens with zero attached hydrogens (tertiary/aromatic N) is 2. The number of nitrogens with one attached hydrogen (secondary N) is 2. The Labute approximate surface area is 151 Å². The monoisotopic (exact) mass is 354 g/mol. The van der Waals surface area contributed by atoms with Gasteiger partial charge >= 0.3 is 0 Å². The standard InChI is InChI=1S/C19H22N4OS/c1-11-5-7-15(8-6-11)9-20-18(24)13(3)23-17-16-12(2)14(4)25-19(16)22-10-21-17/h5-8,10,13H,9H2,1-4H3,(H,20,24)(H,21,22,23)/t13-/m1/s1. The van der Waals surface area contributed by atoms with Crippen molar-refractivity contribution in [2.45, 2.75) is 40.3 Å². The van der Waals surface area contributed by atoms with Gasteiger partial charge in [-0.05, 0) is 38.8 Å². The molecule has 1 atom stereocenters. The Morgan fingerprint density at radius 2 is 1.88 bits per heavy atom. The maximum absolute atomic E-state index is 12.4. The number of carbonyl (C=O) groups is 1.